The monoisotopic (exact) mass is 333 g/mol. The Morgan fingerprint density at radius 2 is 2.20 bits per heavy atom. The van der Waals surface area contributed by atoms with Crippen LogP contribution in [-0.2, 0) is 0 Å². The van der Waals surface area contributed by atoms with Crippen molar-refractivity contribution in [2.75, 3.05) is 11.9 Å². The lowest BCUT2D eigenvalue weighted by Gasteiger charge is -2.05. The van der Waals surface area contributed by atoms with Crippen LogP contribution in [0.25, 0.3) is 0 Å². The summed E-state index contributed by atoms with van der Waals surface area (Å²) >= 11 is 6.72. The summed E-state index contributed by atoms with van der Waals surface area (Å²) in [6, 6.07) is 5.60. The third-order valence-electron chi connectivity index (χ3n) is 2.02. The summed E-state index contributed by atoms with van der Waals surface area (Å²) in [4.78, 5) is 11.6. The van der Waals surface area contributed by atoms with Gasteiger partial charge in [0.15, 0.2) is 0 Å². The Hall–Kier alpha value is -0.350. The molecule has 4 heteroatoms. The Morgan fingerprint density at radius 1 is 1.47 bits per heavy atom. The van der Waals surface area contributed by atoms with Crippen molar-refractivity contribution in [1.29, 1.82) is 0 Å². The van der Waals surface area contributed by atoms with Gasteiger partial charge in [-0.05, 0) is 37.1 Å². The number of amides is 1. The Morgan fingerprint density at radius 3 is 2.80 bits per heavy atom. The molecule has 0 bridgehead atoms. The molecule has 0 aliphatic rings. The first-order chi connectivity index (χ1) is 7.15. The van der Waals surface area contributed by atoms with Crippen LogP contribution in [0.3, 0.4) is 0 Å². The van der Waals surface area contributed by atoms with E-state index in [1.165, 1.54) is 0 Å². The van der Waals surface area contributed by atoms with Gasteiger partial charge in [-0.25, -0.2) is 0 Å². The molecule has 1 rings (SSSR count). The first kappa shape index (κ1) is 12.7. The van der Waals surface area contributed by atoms with Crippen molar-refractivity contribution in [2.24, 2.45) is 0 Å². The fourth-order valence-corrected chi connectivity index (χ4v) is 1.68. The van der Waals surface area contributed by atoms with Gasteiger partial charge in [0.25, 0.3) is 5.91 Å². The summed E-state index contributed by atoms with van der Waals surface area (Å²) in [7, 11) is 0. The van der Waals surface area contributed by atoms with Crippen LogP contribution in [0.1, 0.15) is 22.3 Å². The lowest BCUT2D eigenvalue weighted by atomic mass is 10.1. The molecule has 82 valence electrons. The maximum absolute atomic E-state index is 11.6. The SMILES string of the molecule is Cc1cc(C(=O)NCCCBr)ccc1Br. The number of aryl methyl sites for hydroxylation is 1. The van der Waals surface area contributed by atoms with Crippen LogP contribution in [0, 0.1) is 6.92 Å². The van der Waals surface area contributed by atoms with Gasteiger partial charge < -0.3 is 5.32 Å². The topological polar surface area (TPSA) is 29.1 Å². The molecule has 0 saturated heterocycles. The second kappa shape index (κ2) is 6.28. The van der Waals surface area contributed by atoms with Gasteiger partial charge in [-0.1, -0.05) is 31.9 Å². The lowest BCUT2D eigenvalue weighted by Crippen LogP contribution is -2.24. The molecule has 15 heavy (non-hydrogen) atoms. The van der Waals surface area contributed by atoms with E-state index >= 15 is 0 Å². The predicted octanol–water partition coefficient (Wildman–Crippen LogP) is 3.27. The van der Waals surface area contributed by atoms with Gasteiger partial charge in [-0.15, -0.1) is 0 Å². The number of hydrogen-bond acceptors (Lipinski definition) is 1. The fraction of sp³-hybridized carbons (Fsp3) is 0.364. The molecular formula is C11H13Br2NO. The van der Waals surface area contributed by atoms with E-state index in [2.05, 4.69) is 37.2 Å². The number of nitrogens with one attached hydrogen (secondary N) is 1. The molecule has 0 aliphatic heterocycles. The number of rotatable bonds is 4. The third kappa shape index (κ3) is 3.95. The van der Waals surface area contributed by atoms with Gasteiger partial charge in [0.05, 0.1) is 0 Å². The first-order valence-electron chi connectivity index (χ1n) is 4.75. The standard InChI is InChI=1S/C11H13Br2NO/c1-8-7-9(3-4-10(8)13)11(15)14-6-2-5-12/h3-4,7H,2,5-6H2,1H3,(H,14,15). The van der Waals surface area contributed by atoms with E-state index < -0.39 is 0 Å². The molecule has 1 aromatic carbocycles. The first-order valence-corrected chi connectivity index (χ1v) is 6.67. The summed E-state index contributed by atoms with van der Waals surface area (Å²) in [6.45, 7) is 2.68. The van der Waals surface area contributed by atoms with Crippen LogP contribution < -0.4 is 5.32 Å². The summed E-state index contributed by atoms with van der Waals surface area (Å²) in [6.07, 6.45) is 0.946. The molecule has 0 unspecified atom stereocenters. The average Bonchev–Trinajstić information content (AvgIpc) is 2.22. The molecule has 1 amide bonds. The lowest BCUT2D eigenvalue weighted by molar-refractivity contribution is 0.0953. The van der Waals surface area contributed by atoms with Crippen LogP contribution in [0.2, 0.25) is 0 Å². The highest BCUT2D eigenvalue weighted by Crippen LogP contribution is 2.16. The van der Waals surface area contributed by atoms with E-state index in [1.54, 1.807) is 0 Å². The van der Waals surface area contributed by atoms with E-state index in [-0.39, 0.29) is 5.91 Å². The Kier molecular flexibility index (Phi) is 5.32. The summed E-state index contributed by atoms with van der Waals surface area (Å²) < 4.78 is 1.03. The number of carbonyl (C=O) groups excluding carboxylic acids is 1. The smallest absolute Gasteiger partial charge is 0.251 e. The normalized spacial score (nSPS) is 10.1. The second-order valence-electron chi connectivity index (χ2n) is 3.26. The minimum absolute atomic E-state index is 0.00782. The highest BCUT2D eigenvalue weighted by Gasteiger charge is 2.05. The second-order valence-corrected chi connectivity index (χ2v) is 4.91. The zero-order valence-corrected chi connectivity index (χ0v) is 11.7. The van der Waals surface area contributed by atoms with E-state index in [9.17, 15) is 4.79 Å². The van der Waals surface area contributed by atoms with Crippen molar-refractivity contribution in [3.63, 3.8) is 0 Å². The van der Waals surface area contributed by atoms with Crippen molar-refractivity contribution in [2.45, 2.75) is 13.3 Å². The third-order valence-corrected chi connectivity index (χ3v) is 3.47. The molecule has 0 aliphatic carbocycles. The highest BCUT2D eigenvalue weighted by atomic mass is 79.9. The fourth-order valence-electron chi connectivity index (χ4n) is 1.16. The number of carbonyl (C=O) groups is 1. The molecule has 1 aromatic rings. The molecule has 2 nitrogen and oxygen atoms in total. The number of benzene rings is 1. The summed E-state index contributed by atoms with van der Waals surface area (Å²) in [5.41, 5.74) is 1.79. The van der Waals surface area contributed by atoms with Gasteiger partial charge in [-0.2, -0.15) is 0 Å². The summed E-state index contributed by atoms with van der Waals surface area (Å²) in [5, 5.41) is 3.77. The zero-order valence-electron chi connectivity index (χ0n) is 8.52. The van der Waals surface area contributed by atoms with Crippen molar-refractivity contribution in [3.05, 3.63) is 33.8 Å². The van der Waals surface area contributed by atoms with Gasteiger partial charge in [-0.3, -0.25) is 4.79 Å². The Bertz CT molecular complexity index is 352. The summed E-state index contributed by atoms with van der Waals surface area (Å²) in [5.74, 6) is -0.00782. The van der Waals surface area contributed by atoms with Gasteiger partial charge in [0, 0.05) is 21.9 Å². The van der Waals surface area contributed by atoms with Crippen molar-refractivity contribution in [3.8, 4) is 0 Å². The number of hydrogen-bond donors (Lipinski definition) is 1. The molecule has 0 aromatic heterocycles. The van der Waals surface area contributed by atoms with Crippen LogP contribution in [0.15, 0.2) is 22.7 Å². The van der Waals surface area contributed by atoms with Crippen molar-refractivity contribution >= 4 is 37.8 Å². The minimum atomic E-state index is -0.00782. The van der Waals surface area contributed by atoms with E-state index in [0.717, 1.165) is 21.8 Å². The molecular weight excluding hydrogens is 322 g/mol. The van der Waals surface area contributed by atoms with E-state index in [1.807, 2.05) is 25.1 Å². The van der Waals surface area contributed by atoms with Crippen molar-refractivity contribution in [1.82, 2.24) is 5.32 Å². The number of halogens is 2. The molecule has 1 N–H and O–H groups in total. The number of alkyl halides is 1. The van der Waals surface area contributed by atoms with Crippen LogP contribution in [-0.4, -0.2) is 17.8 Å². The van der Waals surface area contributed by atoms with Crippen molar-refractivity contribution < 1.29 is 4.79 Å². The van der Waals surface area contributed by atoms with Crippen LogP contribution >= 0.6 is 31.9 Å². The van der Waals surface area contributed by atoms with Gasteiger partial charge in [0.1, 0.15) is 0 Å². The predicted molar refractivity (Wildman–Crippen MR) is 69.6 cm³/mol. The molecule has 0 fully saturated rings. The van der Waals surface area contributed by atoms with Crippen LogP contribution in [0.5, 0.6) is 0 Å². The molecule has 0 heterocycles. The largest absolute Gasteiger partial charge is 0.352 e. The van der Waals surface area contributed by atoms with E-state index in [4.69, 9.17) is 0 Å². The highest BCUT2D eigenvalue weighted by molar-refractivity contribution is 9.10. The van der Waals surface area contributed by atoms with Gasteiger partial charge in [0.2, 0.25) is 0 Å². The average molecular weight is 335 g/mol. The molecule has 0 radical (unpaired) electrons. The Labute approximate surface area is 107 Å². The molecule has 0 atom stereocenters. The Balaban J connectivity index is 2.62. The van der Waals surface area contributed by atoms with Crippen LogP contribution in [0.4, 0.5) is 0 Å². The zero-order chi connectivity index (χ0) is 11.3. The maximum Gasteiger partial charge on any atom is 0.251 e. The molecule has 0 saturated carbocycles. The van der Waals surface area contributed by atoms with Gasteiger partial charge >= 0.3 is 0 Å². The molecule has 0 spiro atoms. The quantitative estimate of drug-likeness (QED) is 0.664. The van der Waals surface area contributed by atoms with E-state index in [0.29, 0.717) is 12.1 Å². The maximum atomic E-state index is 11.6. The minimum Gasteiger partial charge on any atom is -0.352 e.